The third kappa shape index (κ3) is 3.25. The van der Waals surface area contributed by atoms with E-state index in [9.17, 15) is 4.79 Å². The molecular weight excluding hydrogens is 250 g/mol. The Kier molecular flexibility index (Phi) is 4.63. The number of carboxylic acid groups (broad SMARTS) is 1. The highest BCUT2D eigenvalue weighted by atomic mass is 32.2. The normalized spacial score (nSPS) is 18.7. The third-order valence-electron chi connectivity index (χ3n) is 3.64. The molecule has 1 atom stereocenters. The first-order chi connectivity index (χ1) is 8.68. The highest BCUT2D eigenvalue weighted by molar-refractivity contribution is 7.99. The highest BCUT2D eigenvalue weighted by Gasteiger charge is 2.23. The molecule has 5 nitrogen and oxygen atoms in total. The van der Waals surface area contributed by atoms with E-state index in [0.29, 0.717) is 12.0 Å². The number of nitrogens with zero attached hydrogens (tertiary/aromatic N) is 3. The second-order valence-corrected chi connectivity index (χ2v) is 5.78. The second kappa shape index (κ2) is 6.22. The van der Waals surface area contributed by atoms with Gasteiger partial charge in [0.2, 0.25) is 0 Å². The molecule has 0 radical (unpaired) electrons. The van der Waals surface area contributed by atoms with Gasteiger partial charge in [-0.15, -0.1) is 10.2 Å². The number of aromatic nitrogens is 3. The van der Waals surface area contributed by atoms with Gasteiger partial charge in [0.15, 0.2) is 5.16 Å². The average molecular weight is 269 g/mol. The van der Waals surface area contributed by atoms with Gasteiger partial charge in [-0.1, -0.05) is 31.0 Å². The highest BCUT2D eigenvalue weighted by Crippen LogP contribution is 2.34. The van der Waals surface area contributed by atoms with E-state index in [1.165, 1.54) is 43.9 Å². The summed E-state index contributed by atoms with van der Waals surface area (Å²) in [5.41, 5.74) is 0. The van der Waals surface area contributed by atoms with Crippen molar-refractivity contribution in [3.05, 3.63) is 6.33 Å². The van der Waals surface area contributed by atoms with Crippen molar-refractivity contribution >= 4 is 17.7 Å². The summed E-state index contributed by atoms with van der Waals surface area (Å²) in [6.07, 6.45) is 8.17. The monoisotopic (exact) mass is 269 g/mol. The van der Waals surface area contributed by atoms with Gasteiger partial charge in [0.05, 0.1) is 5.75 Å². The van der Waals surface area contributed by atoms with Crippen LogP contribution in [0.1, 0.15) is 45.1 Å². The van der Waals surface area contributed by atoms with E-state index in [1.807, 2.05) is 4.57 Å². The molecule has 100 valence electrons. The number of hydrogen-bond acceptors (Lipinski definition) is 4. The summed E-state index contributed by atoms with van der Waals surface area (Å²) in [4.78, 5) is 10.6. The van der Waals surface area contributed by atoms with Crippen LogP contribution in [0.25, 0.3) is 0 Å². The van der Waals surface area contributed by atoms with Gasteiger partial charge >= 0.3 is 5.97 Å². The van der Waals surface area contributed by atoms with E-state index in [0.717, 1.165) is 5.16 Å². The van der Waals surface area contributed by atoms with E-state index in [-0.39, 0.29) is 5.75 Å². The van der Waals surface area contributed by atoms with Crippen LogP contribution >= 0.6 is 11.8 Å². The Hall–Kier alpha value is -1.04. The Balaban J connectivity index is 2.02. The molecule has 1 aliphatic carbocycles. The van der Waals surface area contributed by atoms with Gasteiger partial charge < -0.3 is 9.67 Å². The Morgan fingerprint density at radius 2 is 2.28 bits per heavy atom. The Morgan fingerprint density at radius 1 is 1.56 bits per heavy atom. The van der Waals surface area contributed by atoms with Gasteiger partial charge in [0.1, 0.15) is 6.33 Å². The molecule has 0 aliphatic heterocycles. The summed E-state index contributed by atoms with van der Waals surface area (Å²) in [5.74, 6) is -0.116. The van der Waals surface area contributed by atoms with E-state index >= 15 is 0 Å². The second-order valence-electron chi connectivity index (χ2n) is 4.84. The predicted molar refractivity (Wildman–Crippen MR) is 69.7 cm³/mol. The van der Waals surface area contributed by atoms with Crippen LogP contribution in [0, 0.1) is 5.92 Å². The van der Waals surface area contributed by atoms with Gasteiger partial charge in [-0.05, 0) is 25.7 Å². The molecule has 1 heterocycles. The van der Waals surface area contributed by atoms with Gasteiger partial charge in [-0.2, -0.15) is 0 Å². The first kappa shape index (κ1) is 13.4. The van der Waals surface area contributed by atoms with Crippen molar-refractivity contribution < 1.29 is 9.90 Å². The fraction of sp³-hybridized carbons (Fsp3) is 0.750. The summed E-state index contributed by atoms with van der Waals surface area (Å²) >= 11 is 1.24. The molecule has 0 amide bonds. The van der Waals surface area contributed by atoms with Crippen LogP contribution in [-0.4, -0.2) is 31.6 Å². The summed E-state index contributed by atoms with van der Waals surface area (Å²) in [7, 11) is 0. The molecule has 1 aromatic rings. The zero-order chi connectivity index (χ0) is 13.0. The summed E-state index contributed by atoms with van der Waals surface area (Å²) < 4.78 is 2.03. The topological polar surface area (TPSA) is 68.0 Å². The molecular formula is C12H19N3O2S. The largest absolute Gasteiger partial charge is 0.481 e. The lowest BCUT2D eigenvalue weighted by molar-refractivity contribution is -0.133. The lowest BCUT2D eigenvalue weighted by Crippen LogP contribution is -2.19. The first-order valence-electron chi connectivity index (χ1n) is 6.42. The molecule has 0 spiro atoms. The minimum atomic E-state index is -0.820. The van der Waals surface area contributed by atoms with E-state index in [1.54, 1.807) is 6.33 Å². The minimum Gasteiger partial charge on any atom is -0.481 e. The predicted octanol–water partition coefficient (Wildman–Crippen LogP) is 2.60. The van der Waals surface area contributed by atoms with E-state index in [2.05, 4.69) is 17.1 Å². The molecule has 1 fully saturated rings. The molecule has 0 bridgehead atoms. The van der Waals surface area contributed by atoms with Crippen molar-refractivity contribution in [2.75, 3.05) is 5.75 Å². The zero-order valence-electron chi connectivity index (χ0n) is 10.6. The molecule has 1 aliphatic rings. The molecule has 18 heavy (non-hydrogen) atoms. The van der Waals surface area contributed by atoms with Crippen LogP contribution in [0.5, 0.6) is 0 Å². The number of carboxylic acids is 1. The number of carbonyl (C=O) groups is 1. The van der Waals surface area contributed by atoms with Crippen LogP contribution < -0.4 is 0 Å². The van der Waals surface area contributed by atoms with Crippen molar-refractivity contribution in [3.63, 3.8) is 0 Å². The van der Waals surface area contributed by atoms with Gasteiger partial charge in [-0.25, -0.2) is 0 Å². The standard InChI is InChI=1S/C12H19N3O2S/c1-9(10-5-3-2-4-6-10)15-8-13-14-12(15)18-7-11(16)17/h8-10H,2-7H2,1H3,(H,16,17). The molecule has 0 aromatic carbocycles. The maximum Gasteiger partial charge on any atom is 0.313 e. The summed E-state index contributed by atoms with van der Waals surface area (Å²) in [6, 6.07) is 0.358. The Morgan fingerprint density at radius 3 is 2.94 bits per heavy atom. The first-order valence-corrected chi connectivity index (χ1v) is 7.41. The van der Waals surface area contributed by atoms with Crippen LogP contribution in [-0.2, 0) is 4.79 Å². The van der Waals surface area contributed by atoms with E-state index in [4.69, 9.17) is 5.11 Å². The molecule has 2 rings (SSSR count). The Labute approximate surface area is 111 Å². The van der Waals surface area contributed by atoms with Crippen molar-refractivity contribution in [3.8, 4) is 0 Å². The molecule has 1 N–H and O–H groups in total. The van der Waals surface area contributed by atoms with Gasteiger partial charge in [0.25, 0.3) is 0 Å². The van der Waals surface area contributed by atoms with Crippen LogP contribution in [0.15, 0.2) is 11.5 Å². The summed E-state index contributed by atoms with van der Waals surface area (Å²) in [6.45, 7) is 2.18. The van der Waals surface area contributed by atoms with E-state index < -0.39 is 5.97 Å². The fourth-order valence-electron chi connectivity index (χ4n) is 2.58. The van der Waals surface area contributed by atoms with Gasteiger partial charge in [-0.3, -0.25) is 4.79 Å². The quantitative estimate of drug-likeness (QED) is 0.832. The molecule has 1 aromatic heterocycles. The van der Waals surface area contributed by atoms with Crippen LogP contribution in [0.4, 0.5) is 0 Å². The fourth-order valence-corrected chi connectivity index (χ4v) is 3.30. The lowest BCUT2D eigenvalue weighted by Gasteiger charge is -2.28. The number of rotatable bonds is 5. The molecule has 1 unspecified atom stereocenters. The summed E-state index contributed by atoms with van der Waals surface area (Å²) in [5, 5.41) is 17.4. The maximum atomic E-state index is 10.6. The van der Waals surface area contributed by atoms with Crippen LogP contribution in [0.2, 0.25) is 0 Å². The molecule has 1 saturated carbocycles. The van der Waals surface area contributed by atoms with Crippen molar-refractivity contribution in [1.82, 2.24) is 14.8 Å². The Bertz CT molecular complexity index is 402. The zero-order valence-corrected chi connectivity index (χ0v) is 11.4. The van der Waals surface area contributed by atoms with Crippen molar-refractivity contribution in [2.24, 2.45) is 5.92 Å². The molecule has 0 saturated heterocycles. The maximum absolute atomic E-state index is 10.6. The minimum absolute atomic E-state index is 0.0378. The smallest absolute Gasteiger partial charge is 0.313 e. The molecule has 6 heteroatoms. The average Bonchev–Trinajstić information content (AvgIpc) is 2.85. The van der Waals surface area contributed by atoms with Crippen LogP contribution in [0.3, 0.4) is 0 Å². The van der Waals surface area contributed by atoms with Crippen molar-refractivity contribution in [1.29, 1.82) is 0 Å². The number of hydrogen-bond donors (Lipinski definition) is 1. The van der Waals surface area contributed by atoms with Crippen molar-refractivity contribution in [2.45, 2.75) is 50.2 Å². The lowest BCUT2D eigenvalue weighted by atomic mass is 9.84. The van der Waals surface area contributed by atoms with Gasteiger partial charge in [0, 0.05) is 6.04 Å². The SMILES string of the molecule is CC(C1CCCCC1)n1cnnc1SCC(=O)O. The number of aliphatic carboxylic acids is 1. The number of thioether (sulfide) groups is 1. The third-order valence-corrected chi connectivity index (χ3v) is 4.58.